The minimum atomic E-state index is -3.52. The van der Waals surface area contributed by atoms with Crippen LogP contribution in [0.1, 0.15) is 54.5 Å². The Morgan fingerprint density at radius 1 is 1.15 bits per heavy atom. The molecule has 1 amide bonds. The number of nitrogens with one attached hydrogen (secondary N) is 1. The van der Waals surface area contributed by atoms with Crippen molar-refractivity contribution in [3.05, 3.63) is 53.5 Å². The molecular weight excluding hydrogens is 350 g/mol. The molecule has 0 radical (unpaired) electrons. The van der Waals surface area contributed by atoms with Gasteiger partial charge in [0, 0.05) is 6.04 Å². The zero-order valence-corrected chi connectivity index (χ0v) is 16.0. The number of sulfone groups is 1. The summed E-state index contributed by atoms with van der Waals surface area (Å²) in [5, 5.41) is 3.02. The Balaban J connectivity index is 1.69. The fourth-order valence-electron chi connectivity index (χ4n) is 3.52. The van der Waals surface area contributed by atoms with Crippen molar-refractivity contribution in [2.24, 2.45) is 5.92 Å². The number of carbonyl (C=O) groups is 1. The molecule has 0 bridgehead atoms. The van der Waals surface area contributed by atoms with Gasteiger partial charge in [-0.2, -0.15) is 0 Å². The predicted molar refractivity (Wildman–Crippen MR) is 99.7 cm³/mol. The van der Waals surface area contributed by atoms with Gasteiger partial charge in [0.05, 0.1) is 4.90 Å². The van der Waals surface area contributed by atoms with Crippen LogP contribution >= 0.6 is 0 Å². The van der Waals surface area contributed by atoms with Gasteiger partial charge in [0.15, 0.2) is 15.6 Å². The van der Waals surface area contributed by atoms with Crippen molar-refractivity contribution < 1.29 is 17.6 Å². The molecule has 6 heteroatoms. The summed E-state index contributed by atoms with van der Waals surface area (Å²) in [6.07, 6.45) is 4.41. The third kappa shape index (κ3) is 4.18. The van der Waals surface area contributed by atoms with Crippen LogP contribution in [0.4, 0.5) is 0 Å². The highest BCUT2D eigenvalue weighted by atomic mass is 32.2. The van der Waals surface area contributed by atoms with Crippen molar-refractivity contribution in [3.8, 4) is 0 Å². The number of furan rings is 1. The monoisotopic (exact) mass is 375 g/mol. The molecule has 1 aromatic heterocycles. The molecular formula is C20H25NO4S. The number of rotatable bonds is 5. The van der Waals surface area contributed by atoms with E-state index in [0.29, 0.717) is 16.4 Å². The minimum Gasteiger partial charge on any atom is -0.455 e. The molecule has 26 heavy (non-hydrogen) atoms. The van der Waals surface area contributed by atoms with Crippen LogP contribution in [0, 0.1) is 12.8 Å². The first kappa shape index (κ1) is 18.7. The summed E-state index contributed by atoms with van der Waals surface area (Å²) in [5.74, 6) is 0.352. The van der Waals surface area contributed by atoms with Crippen LogP contribution in [0.2, 0.25) is 0 Å². The van der Waals surface area contributed by atoms with E-state index >= 15 is 0 Å². The molecule has 1 aliphatic rings. The molecule has 2 aromatic rings. The molecule has 1 aliphatic carbocycles. The van der Waals surface area contributed by atoms with E-state index in [1.54, 1.807) is 43.3 Å². The maximum atomic E-state index is 12.6. The number of aryl methyl sites for hydroxylation is 1. The fourth-order valence-corrected chi connectivity index (χ4v) is 5.05. The Morgan fingerprint density at radius 2 is 1.88 bits per heavy atom. The Bertz CT molecular complexity index is 885. The molecule has 140 valence electrons. The SMILES string of the molecule is Cc1ccccc1S(=O)(=O)Cc1ccc(C(=O)N[C@@H]2CCCC[C@@H]2C)o1. The van der Waals surface area contributed by atoms with E-state index in [1.807, 2.05) is 0 Å². The highest BCUT2D eigenvalue weighted by Crippen LogP contribution is 2.25. The predicted octanol–water partition coefficient (Wildman–Crippen LogP) is 3.87. The smallest absolute Gasteiger partial charge is 0.287 e. The summed E-state index contributed by atoms with van der Waals surface area (Å²) in [7, 11) is -3.52. The van der Waals surface area contributed by atoms with Crippen LogP contribution in [0.25, 0.3) is 0 Å². The number of carbonyl (C=O) groups excluding carboxylic acids is 1. The standard InChI is InChI=1S/C20H25NO4S/c1-14-7-3-5-9-17(14)21-20(22)18-12-11-16(25-18)13-26(23,24)19-10-6-4-8-15(19)2/h4,6,8,10-12,14,17H,3,5,7,9,13H2,1-2H3,(H,21,22)/t14-,17+/m0/s1. The summed E-state index contributed by atoms with van der Waals surface area (Å²) in [5.41, 5.74) is 0.698. The first-order valence-corrected chi connectivity index (χ1v) is 10.7. The average Bonchev–Trinajstić information content (AvgIpc) is 3.05. The second-order valence-electron chi connectivity index (χ2n) is 7.13. The Labute approximate surface area is 154 Å². The van der Waals surface area contributed by atoms with Crippen molar-refractivity contribution in [2.75, 3.05) is 0 Å². The van der Waals surface area contributed by atoms with Crippen molar-refractivity contribution in [2.45, 2.75) is 56.2 Å². The minimum absolute atomic E-state index is 0.153. The van der Waals surface area contributed by atoms with Gasteiger partial charge >= 0.3 is 0 Å². The highest BCUT2D eigenvalue weighted by molar-refractivity contribution is 7.90. The van der Waals surface area contributed by atoms with E-state index in [1.165, 1.54) is 6.42 Å². The van der Waals surface area contributed by atoms with Gasteiger partial charge in [-0.3, -0.25) is 4.79 Å². The van der Waals surface area contributed by atoms with E-state index in [4.69, 9.17) is 4.42 Å². The van der Waals surface area contributed by atoms with Gasteiger partial charge in [-0.25, -0.2) is 8.42 Å². The number of hydrogen-bond acceptors (Lipinski definition) is 4. The number of amides is 1. The molecule has 2 atom stereocenters. The van der Waals surface area contributed by atoms with Gasteiger partial charge in [0.1, 0.15) is 11.5 Å². The molecule has 5 nitrogen and oxygen atoms in total. The molecule has 0 spiro atoms. The van der Waals surface area contributed by atoms with Crippen LogP contribution < -0.4 is 5.32 Å². The largest absolute Gasteiger partial charge is 0.455 e. The Kier molecular flexibility index (Phi) is 5.51. The van der Waals surface area contributed by atoms with Crippen LogP contribution in [0.3, 0.4) is 0 Å². The second kappa shape index (κ2) is 7.66. The number of benzene rings is 1. The zero-order chi connectivity index (χ0) is 18.7. The molecule has 1 N–H and O–H groups in total. The molecule has 1 fully saturated rings. The van der Waals surface area contributed by atoms with Crippen molar-refractivity contribution in [3.63, 3.8) is 0 Å². The molecule has 3 rings (SSSR count). The quantitative estimate of drug-likeness (QED) is 0.861. The second-order valence-corrected chi connectivity index (χ2v) is 9.09. The van der Waals surface area contributed by atoms with Crippen molar-refractivity contribution in [1.29, 1.82) is 0 Å². The Morgan fingerprint density at radius 3 is 2.62 bits per heavy atom. The lowest BCUT2D eigenvalue weighted by Crippen LogP contribution is -2.40. The molecule has 1 heterocycles. The summed E-state index contributed by atoms with van der Waals surface area (Å²) in [6, 6.07) is 10.1. The first-order valence-electron chi connectivity index (χ1n) is 9.05. The average molecular weight is 375 g/mol. The van der Waals surface area contributed by atoms with E-state index < -0.39 is 9.84 Å². The van der Waals surface area contributed by atoms with E-state index in [9.17, 15) is 13.2 Å². The van der Waals surface area contributed by atoms with Crippen molar-refractivity contribution in [1.82, 2.24) is 5.32 Å². The maximum Gasteiger partial charge on any atom is 0.287 e. The third-order valence-electron chi connectivity index (χ3n) is 5.07. The van der Waals surface area contributed by atoms with Crippen molar-refractivity contribution >= 4 is 15.7 Å². The topological polar surface area (TPSA) is 76.4 Å². The van der Waals surface area contributed by atoms with Crippen LogP contribution in [-0.4, -0.2) is 20.4 Å². The van der Waals surface area contributed by atoms with E-state index in [2.05, 4.69) is 12.2 Å². The zero-order valence-electron chi connectivity index (χ0n) is 15.2. The summed E-state index contributed by atoms with van der Waals surface area (Å²) < 4.78 is 30.7. The summed E-state index contributed by atoms with van der Waals surface area (Å²) >= 11 is 0. The van der Waals surface area contributed by atoms with E-state index in [0.717, 1.165) is 19.3 Å². The van der Waals surface area contributed by atoms with E-state index in [-0.39, 0.29) is 29.2 Å². The van der Waals surface area contributed by atoms with Gasteiger partial charge < -0.3 is 9.73 Å². The van der Waals surface area contributed by atoms with Crippen LogP contribution in [0.5, 0.6) is 0 Å². The molecule has 0 aliphatic heterocycles. The molecule has 0 saturated heterocycles. The van der Waals surface area contributed by atoms with Gasteiger partial charge in [-0.1, -0.05) is 38.0 Å². The van der Waals surface area contributed by atoms with Crippen LogP contribution in [-0.2, 0) is 15.6 Å². The Hall–Kier alpha value is -2.08. The summed E-state index contributed by atoms with van der Waals surface area (Å²) in [4.78, 5) is 12.7. The highest BCUT2D eigenvalue weighted by Gasteiger charge is 2.25. The lowest BCUT2D eigenvalue weighted by Gasteiger charge is -2.29. The normalized spacial score (nSPS) is 20.7. The van der Waals surface area contributed by atoms with Gasteiger partial charge in [-0.05, 0) is 49.4 Å². The van der Waals surface area contributed by atoms with Gasteiger partial charge in [-0.15, -0.1) is 0 Å². The number of hydrogen-bond donors (Lipinski definition) is 1. The van der Waals surface area contributed by atoms with Crippen LogP contribution in [0.15, 0.2) is 45.7 Å². The molecule has 1 saturated carbocycles. The lowest BCUT2D eigenvalue weighted by atomic mass is 9.86. The fraction of sp³-hybridized carbons (Fsp3) is 0.450. The summed E-state index contributed by atoms with van der Waals surface area (Å²) in [6.45, 7) is 3.91. The first-order chi connectivity index (χ1) is 12.4. The maximum absolute atomic E-state index is 12.6. The third-order valence-corrected chi connectivity index (χ3v) is 6.87. The molecule has 1 aromatic carbocycles. The lowest BCUT2D eigenvalue weighted by molar-refractivity contribution is 0.0880. The molecule has 0 unspecified atom stereocenters. The van der Waals surface area contributed by atoms with Gasteiger partial charge in [0.2, 0.25) is 0 Å². The van der Waals surface area contributed by atoms with Gasteiger partial charge in [0.25, 0.3) is 5.91 Å².